The molecule has 1 saturated heterocycles. The van der Waals surface area contributed by atoms with E-state index in [0.29, 0.717) is 6.54 Å². The molecular formula is C16H23FN2O. The van der Waals surface area contributed by atoms with E-state index in [2.05, 4.69) is 12.2 Å². The predicted molar refractivity (Wildman–Crippen MR) is 77.8 cm³/mol. The van der Waals surface area contributed by atoms with Crippen LogP contribution in [0, 0.1) is 11.7 Å². The summed E-state index contributed by atoms with van der Waals surface area (Å²) in [6.45, 7) is 7.62. The average Bonchev–Trinajstić information content (AvgIpc) is 2.86. The molecular weight excluding hydrogens is 255 g/mol. The van der Waals surface area contributed by atoms with Crippen LogP contribution < -0.4 is 5.32 Å². The molecule has 0 saturated carbocycles. The van der Waals surface area contributed by atoms with E-state index < -0.39 is 0 Å². The fourth-order valence-corrected chi connectivity index (χ4v) is 2.95. The Bertz CT molecular complexity index is 460. The van der Waals surface area contributed by atoms with Crippen LogP contribution in [-0.4, -0.2) is 29.9 Å². The van der Waals surface area contributed by atoms with E-state index in [1.54, 1.807) is 12.1 Å². The Morgan fingerprint density at radius 1 is 1.45 bits per heavy atom. The quantitative estimate of drug-likeness (QED) is 0.918. The Morgan fingerprint density at radius 2 is 2.10 bits per heavy atom. The summed E-state index contributed by atoms with van der Waals surface area (Å²) < 4.78 is 13.0. The number of nitrogens with one attached hydrogen (secondary N) is 1. The summed E-state index contributed by atoms with van der Waals surface area (Å²) in [5, 5.41) is 3.32. The summed E-state index contributed by atoms with van der Waals surface area (Å²) in [4.78, 5) is 14.6. The molecule has 20 heavy (non-hydrogen) atoms. The molecule has 1 aliphatic rings. The molecule has 0 bridgehead atoms. The van der Waals surface area contributed by atoms with Crippen molar-refractivity contribution in [1.82, 2.24) is 10.2 Å². The fourth-order valence-electron chi connectivity index (χ4n) is 2.95. The molecule has 0 aromatic heterocycles. The summed E-state index contributed by atoms with van der Waals surface area (Å²) in [6.07, 6.45) is 0.895. The van der Waals surface area contributed by atoms with Crippen molar-refractivity contribution in [2.75, 3.05) is 13.1 Å². The first kappa shape index (κ1) is 15.0. The van der Waals surface area contributed by atoms with Gasteiger partial charge in [0.25, 0.3) is 0 Å². The van der Waals surface area contributed by atoms with Crippen molar-refractivity contribution in [2.45, 2.75) is 39.3 Å². The van der Waals surface area contributed by atoms with E-state index in [1.807, 2.05) is 18.7 Å². The third-order valence-electron chi connectivity index (χ3n) is 4.29. The highest BCUT2D eigenvalue weighted by atomic mass is 19.1. The van der Waals surface area contributed by atoms with Crippen molar-refractivity contribution < 1.29 is 9.18 Å². The monoisotopic (exact) mass is 278 g/mol. The predicted octanol–water partition coefficient (Wildman–Crippen LogP) is 2.73. The van der Waals surface area contributed by atoms with E-state index in [0.717, 1.165) is 18.5 Å². The minimum Gasteiger partial charge on any atom is -0.336 e. The second-order valence-electron chi connectivity index (χ2n) is 5.49. The molecule has 110 valence electrons. The number of amides is 1. The standard InChI is InChI=1S/C16H23FN2O/c1-4-19(16(20)15-9-10-18-11(15)2)12(3)13-5-7-14(17)8-6-13/h5-8,11-12,15,18H,4,9-10H2,1-3H3. The Kier molecular flexibility index (Phi) is 4.76. The summed E-state index contributed by atoms with van der Waals surface area (Å²) in [5.74, 6) is 0.00335. The molecule has 1 aromatic rings. The number of carbonyl (C=O) groups excluding carboxylic acids is 1. The number of hydrogen-bond donors (Lipinski definition) is 1. The van der Waals surface area contributed by atoms with Crippen LogP contribution in [-0.2, 0) is 4.79 Å². The summed E-state index contributed by atoms with van der Waals surface area (Å²) in [6, 6.07) is 6.62. The van der Waals surface area contributed by atoms with Crippen LogP contribution in [0.3, 0.4) is 0 Å². The topological polar surface area (TPSA) is 32.3 Å². The van der Waals surface area contributed by atoms with Crippen LogP contribution in [0.1, 0.15) is 38.8 Å². The van der Waals surface area contributed by atoms with Gasteiger partial charge in [-0.2, -0.15) is 0 Å². The van der Waals surface area contributed by atoms with E-state index in [-0.39, 0.29) is 29.7 Å². The lowest BCUT2D eigenvalue weighted by molar-refractivity contribution is -0.137. The number of nitrogens with zero attached hydrogens (tertiary/aromatic N) is 1. The molecule has 1 heterocycles. The van der Waals surface area contributed by atoms with Gasteiger partial charge < -0.3 is 10.2 Å². The molecule has 0 radical (unpaired) electrons. The summed E-state index contributed by atoms with van der Waals surface area (Å²) in [7, 11) is 0. The number of halogens is 1. The first-order chi connectivity index (χ1) is 9.54. The second-order valence-corrected chi connectivity index (χ2v) is 5.49. The van der Waals surface area contributed by atoms with Gasteiger partial charge in [0.1, 0.15) is 5.82 Å². The highest BCUT2D eigenvalue weighted by Gasteiger charge is 2.34. The molecule has 2 rings (SSSR count). The molecule has 1 aromatic carbocycles. The van der Waals surface area contributed by atoms with Gasteiger partial charge >= 0.3 is 0 Å². The average molecular weight is 278 g/mol. The van der Waals surface area contributed by atoms with Crippen molar-refractivity contribution in [3.63, 3.8) is 0 Å². The number of benzene rings is 1. The number of hydrogen-bond acceptors (Lipinski definition) is 2. The minimum absolute atomic E-state index is 0.0269. The molecule has 3 unspecified atom stereocenters. The van der Waals surface area contributed by atoms with Gasteiger partial charge in [0.15, 0.2) is 0 Å². The van der Waals surface area contributed by atoms with Gasteiger partial charge in [-0.15, -0.1) is 0 Å². The van der Waals surface area contributed by atoms with Gasteiger partial charge in [-0.05, 0) is 51.4 Å². The summed E-state index contributed by atoms with van der Waals surface area (Å²) >= 11 is 0. The highest BCUT2D eigenvalue weighted by Crippen LogP contribution is 2.25. The van der Waals surface area contributed by atoms with Crippen LogP contribution >= 0.6 is 0 Å². The molecule has 1 aliphatic heterocycles. The van der Waals surface area contributed by atoms with Crippen molar-refractivity contribution in [3.05, 3.63) is 35.6 Å². The maximum atomic E-state index is 13.0. The van der Waals surface area contributed by atoms with E-state index in [4.69, 9.17) is 0 Å². The third kappa shape index (κ3) is 3.01. The largest absolute Gasteiger partial charge is 0.336 e. The van der Waals surface area contributed by atoms with Crippen LogP contribution in [0.2, 0.25) is 0 Å². The molecule has 0 aliphatic carbocycles. The van der Waals surface area contributed by atoms with E-state index >= 15 is 0 Å². The van der Waals surface area contributed by atoms with Crippen molar-refractivity contribution >= 4 is 5.91 Å². The van der Waals surface area contributed by atoms with Gasteiger partial charge in [0, 0.05) is 12.6 Å². The second kappa shape index (κ2) is 6.35. The van der Waals surface area contributed by atoms with E-state index in [9.17, 15) is 9.18 Å². The minimum atomic E-state index is -0.246. The van der Waals surface area contributed by atoms with Crippen LogP contribution in [0.15, 0.2) is 24.3 Å². The van der Waals surface area contributed by atoms with Crippen LogP contribution in [0.25, 0.3) is 0 Å². The third-order valence-corrected chi connectivity index (χ3v) is 4.29. The SMILES string of the molecule is CCN(C(=O)C1CCNC1C)C(C)c1ccc(F)cc1. The first-order valence-corrected chi connectivity index (χ1v) is 7.34. The van der Waals surface area contributed by atoms with Crippen molar-refractivity contribution in [3.8, 4) is 0 Å². The number of carbonyl (C=O) groups is 1. The molecule has 1 N–H and O–H groups in total. The molecule has 0 spiro atoms. The maximum Gasteiger partial charge on any atom is 0.227 e. The number of rotatable bonds is 4. The van der Waals surface area contributed by atoms with Crippen molar-refractivity contribution in [1.29, 1.82) is 0 Å². The maximum absolute atomic E-state index is 13.0. The zero-order chi connectivity index (χ0) is 14.7. The fraction of sp³-hybridized carbons (Fsp3) is 0.562. The summed E-state index contributed by atoms with van der Waals surface area (Å²) in [5.41, 5.74) is 0.972. The molecule has 4 heteroatoms. The van der Waals surface area contributed by atoms with Crippen LogP contribution in [0.4, 0.5) is 4.39 Å². The van der Waals surface area contributed by atoms with Crippen molar-refractivity contribution in [2.24, 2.45) is 5.92 Å². The highest BCUT2D eigenvalue weighted by molar-refractivity contribution is 5.80. The normalized spacial score (nSPS) is 23.6. The zero-order valence-corrected chi connectivity index (χ0v) is 12.4. The Hall–Kier alpha value is -1.42. The molecule has 3 nitrogen and oxygen atoms in total. The van der Waals surface area contributed by atoms with Gasteiger partial charge in [-0.25, -0.2) is 4.39 Å². The van der Waals surface area contributed by atoms with Gasteiger partial charge in [-0.3, -0.25) is 4.79 Å². The molecule has 3 atom stereocenters. The Morgan fingerprint density at radius 3 is 2.60 bits per heavy atom. The van der Waals surface area contributed by atoms with Crippen LogP contribution in [0.5, 0.6) is 0 Å². The molecule has 1 amide bonds. The lowest BCUT2D eigenvalue weighted by Crippen LogP contribution is -2.41. The first-order valence-electron chi connectivity index (χ1n) is 7.34. The van der Waals surface area contributed by atoms with Gasteiger partial charge in [-0.1, -0.05) is 12.1 Å². The zero-order valence-electron chi connectivity index (χ0n) is 12.4. The Balaban J connectivity index is 2.14. The lowest BCUT2D eigenvalue weighted by atomic mass is 9.98. The van der Waals surface area contributed by atoms with Gasteiger partial charge in [0.2, 0.25) is 5.91 Å². The Labute approximate surface area is 120 Å². The van der Waals surface area contributed by atoms with E-state index in [1.165, 1.54) is 12.1 Å². The lowest BCUT2D eigenvalue weighted by Gasteiger charge is -2.31. The smallest absolute Gasteiger partial charge is 0.227 e. The molecule has 1 fully saturated rings. The van der Waals surface area contributed by atoms with Gasteiger partial charge in [0.05, 0.1) is 12.0 Å².